The summed E-state index contributed by atoms with van der Waals surface area (Å²) in [6.45, 7) is 4.89. The molecule has 1 aromatic heterocycles. The lowest BCUT2D eigenvalue weighted by atomic mass is 9.94. The average Bonchev–Trinajstić information content (AvgIpc) is 3.09. The lowest BCUT2D eigenvalue weighted by molar-refractivity contribution is -0.131. The van der Waals surface area contributed by atoms with Gasteiger partial charge in [0.2, 0.25) is 5.91 Å². The maximum absolute atomic E-state index is 12.9. The maximum Gasteiger partial charge on any atom is 0.235 e. The molecule has 0 radical (unpaired) electrons. The fraction of sp³-hybridized carbons (Fsp3) is 0.571. The molecule has 1 atom stereocenters. The van der Waals surface area contributed by atoms with Crippen LogP contribution in [-0.4, -0.2) is 43.9 Å². The molecule has 1 amide bonds. The van der Waals surface area contributed by atoms with Crippen molar-refractivity contribution in [3.63, 3.8) is 0 Å². The first-order valence-electron chi connectivity index (χ1n) is 9.99. The number of thioether (sulfide) groups is 1. The molecule has 1 aliphatic carbocycles. The minimum atomic E-state index is -0.156. The van der Waals surface area contributed by atoms with Crippen LogP contribution in [0.2, 0.25) is 0 Å². The van der Waals surface area contributed by atoms with E-state index in [9.17, 15) is 4.79 Å². The third-order valence-corrected chi connectivity index (χ3v) is 6.48. The van der Waals surface area contributed by atoms with Gasteiger partial charge in [0.25, 0.3) is 0 Å². The lowest BCUT2D eigenvalue weighted by Crippen LogP contribution is -2.42. The second-order valence-electron chi connectivity index (χ2n) is 7.31. The van der Waals surface area contributed by atoms with Crippen LogP contribution in [0, 0.1) is 0 Å². The zero-order chi connectivity index (χ0) is 19.2. The number of hydrogen-bond acceptors (Lipinski definition) is 4. The van der Waals surface area contributed by atoms with Gasteiger partial charge in [-0.25, -0.2) is 0 Å². The first-order chi connectivity index (χ1) is 13.1. The maximum atomic E-state index is 12.9. The molecule has 0 aliphatic heterocycles. The molecule has 0 spiro atoms. The van der Waals surface area contributed by atoms with Crippen LogP contribution < -0.4 is 0 Å². The van der Waals surface area contributed by atoms with Gasteiger partial charge in [-0.05, 0) is 32.3 Å². The normalized spacial score (nSPS) is 16.3. The van der Waals surface area contributed by atoms with E-state index in [0.29, 0.717) is 6.04 Å². The van der Waals surface area contributed by atoms with E-state index < -0.39 is 0 Å². The second kappa shape index (κ2) is 9.40. The second-order valence-corrected chi connectivity index (χ2v) is 8.61. The summed E-state index contributed by atoms with van der Waals surface area (Å²) in [6.07, 6.45) is 6.78. The fourth-order valence-electron chi connectivity index (χ4n) is 3.78. The molecule has 5 nitrogen and oxygen atoms in total. The minimum absolute atomic E-state index is 0.156. The highest BCUT2D eigenvalue weighted by molar-refractivity contribution is 8.00. The molecule has 1 saturated carbocycles. The van der Waals surface area contributed by atoms with Crippen molar-refractivity contribution in [2.75, 3.05) is 7.05 Å². The number of carbonyl (C=O) groups is 1. The van der Waals surface area contributed by atoms with Crippen molar-refractivity contribution < 1.29 is 4.79 Å². The Bertz CT molecular complexity index is 740. The summed E-state index contributed by atoms with van der Waals surface area (Å²) in [5, 5.41) is 9.46. The molecular weight excluding hydrogens is 356 g/mol. The number of amides is 1. The van der Waals surface area contributed by atoms with Gasteiger partial charge in [-0.15, -0.1) is 10.2 Å². The number of carbonyl (C=O) groups excluding carboxylic acids is 1. The van der Waals surface area contributed by atoms with Gasteiger partial charge in [0.05, 0.1) is 5.25 Å². The third kappa shape index (κ3) is 4.92. The van der Waals surface area contributed by atoms with E-state index in [-0.39, 0.29) is 11.2 Å². The van der Waals surface area contributed by atoms with Crippen molar-refractivity contribution >= 4 is 17.7 Å². The molecule has 1 aromatic carbocycles. The van der Waals surface area contributed by atoms with Crippen molar-refractivity contribution in [1.29, 1.82) is 0 Å². The quantitative estimate of drug-likeness (QED) is 0.671. The van der Waals surface area contributed by atoms with E-state index in [1.165, 1.54) is 36.6 Å². The van der Waals surface area contributed by atoms with Gasteiger partial charge in [-0.1, -0.05) is 61.4 Å². The lowest BCUT2D eigenvalue weighted by Gasteiger charge is -2.32. The Morgan fingerprint density at radius 2 is 1.93 bits per heavy atom. The van der Waals surface area contributed by atoms with E-state index in [4.69, 9.17) is 0 Å². The minimum Gasteiger partial charge on any atom is -0.342 e. The van der Waals surface area contributed by atoms with Crippen molar-refractivity contribution in [3.8, 4) is 0 Å². The molecule has 1 aliphatic rings. The monoisotopic (exact) mass is 386 g/mol. The Morgan fingerprint density at radius 3 is 2.59 bits per heavy atom. The topological polar surface area (TPSA) is 51.0 Å². The van der Waals surface area contributed by atoms with Crippen LogP contribution >= 0.6 is 11.8 Å². The van der Waals surface area contributed by atoms with Crippen molar-refractivity contribution in [3.05, 3.63) is 41.7 Å². The highest BCUT2D eigenvalue weighted by Crippen LogP contribution is 2.27. The van der Waals surface area contributed by atoms with Gasteiger partial charge in [-0.2, -0.15) is 0 Å². The van der Waals surface area contributed by atoms with Crippen molar-refractivity contribution in [2.24, 2.45) is 0 Å². The SMILES string of the molecule is CCn1c(Cc2ccccc2)nnc1SC(C)C(=O)N(C)C1CCCCC1. The Hall–Kier alpha value is -1.82. The van der Waals surface area contributed by atoms with Gasteiger partial charge in [-0.3, -0.25) is 4.79 Å². The van der Waals surface area contributed by atoms with Crippen LogP contribution in [-0.2, 0) is 17.8 Å². The Labute approximate surface area is 166 Å². The van der Waals surface area contributed by atoms with Crippen LogP contribution in [0.15, 0.2) is 35.5 Å². The molecular formula is C21H30N4OS. The summed E-state index contributed by atoms with van der Waals surface area (Å²) >= 11 is 1.52. The Morgan fingerprint density at radius 1 is 1.22 bits per heavy atom. The van der Waals surface area contributed by atoms with E-state index in [1.807, 2.05) is 37.1 Å². The molecule has 2 aromatic rings. The highest BCUT2D eigenvalue weighted by atomic mass is 32.2. The van der Waals surface area contributed by atoms with E-state index in [2.05, 4.69) is 33.8 Å². The summed E-state index contributed by atoms with van der Waals surface area (Å²) in [5.74, 6) is 1.15. The molecule has 27 heavy (non-hydrogen) atoms. The number of hydrogen-bond donors (Lipinski definition) is 0. The van der Waals surface area contributed by atoms with Gasteiger partial charge < -0.3 is 9.47 Å². The molecule has 0 bridgehead atoms. The molecule has 1 heterocycles. The van der Waals surface area contributed by atoms with E-state index in [0.717, 1.165) is 36.8 Å². The van der Waals surface area contributed by atoms with Gasteiger partial charge in [0, 0.05) is 26.1 Å². The van der Waals surface area contributed by atoms with Crippen molar-refractivity contribution in [2.45, 2.75) is 75.4 Å². The Kier molecular flexibility index (Phi) is 6.94. The van der Waals surface area contributed by atoms with Crippen LogP contribution in [0.25, 0.3) is 0 Å². The summed E-state index contributed by atoms with van der Waals surface area (Å²) in [6, 6.07) is 10.7. The molecule has 3 rings (SSSR count). The van der Waals surface area contributed by atoms with Crippen LogP contribution in [0.4, 0.5) is 0 Å². The zero-order valence-corrected chi connectivity index (χ0v) is 17.4. The number of nitrogens with zero attached hydrogens (tertiary/aromatic N) is 4. The van der Waals surface area contributed by atoms with Crippen molar-refractivity contribution in [1.82, 2.24) is 19.7 Å². The molecule has 6 heteroatoms. The number of rotatable bonds is 7. The summed E-state index contributed by atoms with van der Waals surface area (Å²) in [4.78, 5) is 14.9. The number of aromatic nitrogens is 3. The van der Waals surface area contributed by atoms with Crippen LogP contribution in [0.1, 0.15) is 57.3 Å². The average molecular weight is 387 g/mol. The molecule has 1 unspecified atom stereocenters. The van der Waals surface area contributed by atoms with Crippen LogP contribution in [0.3, 0.4) is 0 Å². The third-order valence-electron chi connectivity index (χ3n) is 5.41. The predicted molar refractivity (Wildman–Crippen MR) is 110 cm³/mol. The van der Waals surface area contributed by atoms with E-state index >= 15 is 0 Å². The van der Waals surface area contributed by atoms with Gasteiger partial charge >= 0.3 is 0 Å². The van der Waals surface area contributed by atoms with Crippen LogP contribution in [0.5, 0.6) is 0 Å². The molecule has 0 N–H and O–H groups in total. The molecule has 146 valence electrons. The first-order valence-corrected chi connectivity index (χ1v) is 10.9. The fourth-order valence-corrected chi connectivity index (χ4v) is 4.81. The molecule has 0 saturated heterocycles. The van der Waals surface area contributed by atoms with E-state index in [1.54, 1.807) is 0 Å². The summed E-state index contributed by atoms with van der Waals surface area (Å²) < 4.78 is 2.13. The number of benzene rings is 1. The highest BCUT2D eigenvalue weighted by Gasteiger charge is 2.27. The van der Waals surface area contributed by atoms with Gasteiger partial charge in [0.15, 0.2) is 5.16 Å². The van der Waals surface area contributed by atoms with Gasteiger partial charge in [0.1, 0.15) is 5.82 Å². The standard InChI is InChI=1S/C21H30N4OS/c1-4-25-19(15-17-11-7-5-8-12-17)22-23-21(25)27-16(2)20(26)24(3)18-13-9-6-10-14-18/h5,7-8,11-12,16,18H,4,6,9-10,13-15H2,1-3H3. The smallest absolute Gasteiger partial charge is 0.235 e. The summed E-state index contributed by atoms with van der Waals surface area (Å²) in [5.41, 5.74) is 1.22. The predicted octanol–water partition coefficient (Wildman–Crippen LogP) is 4.16. The summed E-state index contributed by atoms with van der Waals surface area (Å²) in [7, 11) is 1.96. The Balaban J connectivity index is 1.66. The largest absolute Gasteiger partial charge is 0.342 e. The zero-order valence-electron chi connectivity index (χ0n) is 16.6. The first kappa shape index (κ1) is 19.9. The molecule has 1 fully saturated rings.